The van der Waals surface area contributed by atoms with Gasteiger partial charge in [0.15, 0.2) is 0 Å². The van der Waals surface area contributed by atoms with E-state index >= 15 is 0 Å². The number of rotatable bonds is 8. The van der Waals surface area contributed by atoms with Gasteiger partial charge in [-0.1, -0.05) is 55.1 Å². The maximum atomic E-state index is 14.7. The molecular weight excluding hydrogens is 580 g/mol. The number of hydrogen-bond acceptors (Lipinski definition) is 3. The van der Waals surface area contributed by atoms with E-state index in [0.717, 1.165) is 29.3 Å². The summed E-state index contributed by atoms with van der Waals surface area (Å²) in [6.45, 7) is 6.20. The summed E-state index contributed by atoms with van der Waals surface area (Å²) in [4.78, 5) is 49.6. The average molecular weight is 617 g/mol. The summed E-state index contributed by atoms with van der Waals surface area (Å²) in [7, 11) is 0. The maximum Gasteiger partial charge on any atom is 0.317 e. The first-order valence-electron chi connectivity index (χ1n) is 14.5. The summed E-state index contributed by atoms with van der Waals surface area (Å²) in [5.74, 6) is -0.806. The number of hydrogen-bond donors (Lipinski definition) is 2. The van der Waals surface area contributed by atoms with Gasteiger partial charge in [0, 0.05) is 73.4 Å². The molecule has 2 aromatic carbocycles. The van der Waals surface area contributed by atoms with Gasteiger partial charge < -0.3 is 25.0 Å². The van der Waals surface area contributed by atoms with Crippen molar-refractivity contribution < 1.29 is 18.8 Å². The monoisotopic (exact) mass is 615 g/mol. The minimum absolute atomic E-state index is 0.00999. The summed E-state index contributed by atoms with van der Waals surface area (Å²) in [6.07, 6.45) is 4.03. The third kappa shape index (κ3) is 5.69. The van der Waals surface area contributed by atoms with Gasteiger partial charge in [0.05, 0.1) is 16.5 Å². The molecule has 5 rings (SSSR count). The van der Waals surface area contributed by atoms with Crippen molar-refractivity contribution in [3.8, 4) is 0 Å². The SMILES string of the molecule is CCCC[C@@]1(C(=O)N2CCN(C(=O)NCC)CC2)CC(=O)N(Cc2ccc(Cl)c(F)c2)[C@H]1c1c[nH]c2cc(Cl)ccc12. The van der Waals surface area contributed by atoms with Crippen molar-refractivity contribution in [1.82, 2.24) is 25.0 Å². The molecule has 0 unspecified atom stereocenters. The largest absolute Gasteiger partial charge is 0.361 e. The first kappa shape index (κ1) is 30.2. The number of halogens is 3. The van der Waals surface area contributed by atoms with Crippen LogP contribution in [0.5, 0.6) is 0 Å². The molecule has 2 saturated heterocycles. The topological polar surface area (TPSA) is 88.8 Å². The van der Waals surface area contributed by atoms with Gasteiger partial charge in [0.1, 0.15) is 5.82 Å². The first-order valence-corrected chi connectivity index (χ1v) is 15.3. The number of fused-ring (bicyclic) bond motifs is 1. The summed E-state index contributed by atoms with van der Waals surface area (Å²) in [6, 6.07) is 9.33. The van der Waals surface area contributed by atoms with Crippen LogP contribution in [-0.4, -0.2) is 70.3 Å². The Hall–Kier alpha value is -3.30. The van der Waals surface area contributed by atoms with Crippen molar-refractivity contribution in [2.45, 2.75) is 52.1 Å². The van der Waals surface area contributed by atoms with Crippen LogP contribution in [-0.2, 0) is 16.1 Å². The third-order valence-corrected chi connectivity index (χ3v) is 9.06. The van der Waals surface area contributed by atoms with Crippen LogP contribution >= 0.6 is 23.2 Å². The van der Waals surface area contributed by atoms with E-state index in [-0.39, 0.29) is 35.8 Å². The molecule has 8 nitrogen and oxygen atoms in total. The number of urea groups is 1. The first-order chi connectivity index (χ1) is 20.2. The highest BCUT2D eigenvalue weighted by molar-refractivity contribution is 6.31. The molecule has 11 heteroatoms. The lowest BCUT2D eigenvalue weighted by atomic mass is 9.72. The number of likely N-dealkylation sites (tertiary alicyclic amines) is 1. The standard InChI is InChI=1S/C31H36Cl2FN5O3/c1-3-5-10-31(29(41)37-11-13-38(14-12-37)30(42)35-4-2)17-27(40)39(19-20-6-9-24(33)25(34)15-20)28(31)23-18-36-26-16-21(32)7-8-22(23)26/h6-9,15-16,18,28,36H,3-5,10-14,17,19H2,1-2H3,(H,35,42)/t28-,31+/m0/s1. The van der Waals surface area contributed by atoms with E-state index in [2.05, 4.69) is 17.2 Å². The number of aromatic nitrogens is 1. The Morgan fingerprint density at radius 3 is 2.50 bits per heavy atom. The van der Waals surface area contributed by atoms with Crippen LogP contribution in [0.4, 0.5) is 9.18 Å². The predicted molar refractivity (Wildman–Crippen MR) is 162 cm³/mol. The summed E-state index contributed by atoms with van der Waals surface area (Å²) >= 11 is 12.2. The van der Waals surface area contributed by atoms with Crippen molar-refractivity contribution in [2.75, 3.05) is 32.7 Å². The zero-order valence-corrected chi connectivity index (χ0v) is 25.4. The van der Waals surface area contributed by atoms with E-state index in [1.54, 1.807) is 21.9 Å². The highest BCUT2D eigenvalue weighted by atomic mass is 35.5. The highest BCUT2D eigenvalue weighted by Crippen LogP contribution is 2.54. The number of aromatic amines is 1. The number of H-pyrrole nitrogens is 1. The lowest BCUT2D eigenvalue weighted by Crippen LogP contribution is -2.56. The fourth-order valence-corrected chi connectivity index (χ4v) is 6.73. The normalized spacial score (nSPS) is 20.9. The number of benzene rings is 2. The predicted octanol–water partition coefficient (Wildman–Crippen LogP) is 6.14. The molecule has 0 spiro atoms. The number of amides is 4. The van der Waals surface area contributed by atoms with Crippen molar-refractivity contribution in [3.63, 3.8) is 0 Å². The van der Waals surface area contributed by atoms with E-state index in [1.807, 2.05) is 30.2 Å². The molecule has 2 atom stereocenters. The number of nitrogens with one attached hydrogen (secondary N) is 2. The van der Waals surface area contributed by atoms with Crippen molar-refractivity contribution in [3.05, 3.63) is 69.6 Å². The van der Waals surface area contributed by atoms with Gasteiger partial charge in [-0.15, -0.1) is 0 Å². The number of carbonyl (C=O) groups excluding carboxylic acids is 3. The minimum Gasteiger partial charge on any atom is -0.361 e. The Kier molecular flexibility index (Phi) is 8.99. The summed E-state index contributed by atoms with van der Waals surface area (Å²) < 4.78 is 14.4. The Morgan fingerprint density at radius 1 is 1.07 bits per heavy atom. The molecule has 3 aromatic rings. The second kappa shape index (κ2) is 12.5. The van der Waals surface area contributed by atoms with E-state index in [0.29, 0.717) is 49.7 Å². The Morgan fingerprint density at radius 2 is 1.81 bits per heavy atom. The molecule has 2 aliphatic rings. The summed E-state index contributed by atoms with van der Waals surface area (Å²) in [5.41, 5.74) is 1.18. The molecule has 224 valence electrons. The lowest BCUT2D eigenvalue weighted by Gasteiger charge is -2.43. The molecule has 1 aromatic heterocycles. The van der Waals surface area contributed by atoms with Gasteiger partial charge in [-0.25, -0.2) is 9.18 Å². The second-order valence-electron chi connectivity index (χ2n) is 11.2. The Balaban J connectivity index is 1.57. The number of nitrogens with zero attached hydrogens (tertiary/aromatic N) is 3. The van der Waals surface area contributed by atoms with E-state index < -0.39 is 17.3 Å². The van der Waals surface area contributed by atoms with Gasteiger partial charge in [-0.3, -0.25) is 9.59 Å². The maximum absolute atomic E-state index is 14.7. The number of unbranched alkanes of at least 4 members (excludes halogenated alkanes) is 1. The Labute approximate surface area is 255 Å². The zero-order chi connectivity index (χ0) is 30.0. The fraction of sp³-hybridized carbons (Fsp3) is 0.452. The fourth-order valence-electron chi connectivity index (χ4n) is 6.44. The van der Waals surface area contributed by atoms with Gasteiger partial charge in [0.2, 0.25) is 11.8 Å². The van der Waals surface area contributed by atoms with E-state index in [4.69, 9.17) is 23.2 Å². The quantitative estimate of drug-likeness (QED) is 0.319. The smallest absolute Gasteiger partial charge is 0.317 e. The average Bonchev–Trinajstić information content (AvgIpc) is 3.51. The summed E-state index contributed by atoms with van der Waals surface area (Å²) in [5, 5.41) is 4.28. The lowest BCUT2D eigenvalue weighted by molar-refractivity contribution is -0.146. The molecule has 0 radical (unpaired) electrons. The van der Waals surface area contributed by atoms with Crippen molar-refractivity contribution in [1.29, 1.82) is 0 Å². The second-order valence-corrected chi connectivity index (χ2v) is 12.0. The van der Waals surface area contributed by atoms with Crippen molar-refractivity contribution in [2.24, 2.45) is 5.41 Å². The molecule has 2 aliphatic heterocycles. The molecule has 2 N–H and O–H groups in total. The van der Waals surface area contributed by atoms with E-state index in [1.165, 1.54) is 12.1 Å². The number of carbonyl (C=O) groups is 3. The van der Waals surface area contributed by atoms with Crippen LogP contribution in [0.25, 0.3) is 10.9 Å². The zero-order valence-electron chi connectivity index (χ0n) is 23.9. The van der Waals surface area contributed by atoms with E-state index in [9.17, 15) is 18.8 Å². The molecule has 3 heterocycles. The third-order valence-electron chi connectivity index (χ3n) is 8.51. The molecule has 0 saturated carbocycles. The molecule has 42 heavy (non-hydrogen) atoms. The van der Waals surface area contributed by atoms with Crippen LogP contribution in [0.3, 0.4) is 0 Å². The van der Waals surface area contributed by atoms with Crippen LogP contribution < -0.4 is 5.32 Å². The van der Waals surface area contributed by atoms with Crippen LogP contribution in [0.2, 0.25) is 10.0 Å². The van der Waals surface area contributed by atoms with Crippen LogP contribution in [0.15, 0.2) is 42.6 Å². The Bertz CT molecular complexity index is 1490. The molecular formula is C31H36Cl2FN5O3. The van der Waals surface area contributed by atoms with Crippen LogP contribution in [0, 0.1) is 11.2 Å². The molecule has 2 fully saturated rings. The number of piperazine rings is 1. The van der Waals surface area contributed by atoms with Gasteiger partial charge in [-0.05, 0) is 43.2 Å². The highest BCUT2D eigenvalue weighted by Gasteiger charge is 2.58. The molecule has 4 amide bonds. The van der Waals surface area contributed by atoms with Crippen LogP contribution in [0.1, 0.15) is 56.7 Å². The van der Waals surface area contributed by atoms with Crippen molar-refractivity contribution >= 4 is 52.0 Å². The molecule has 0 bridgehead atoms. The van der Waals surface area contributed by atoms with Gasteiger partial charge in [-0.2, -0.15) is 0 Å². The minimum atomic E-state index is -1.04. The van der Waals surface area contributed by atoms with Gasteiger partial charge >= 0.3 is 6.03 Å². The van der Waals surface area contributed by atoms with Gasteiger partial charge in [0.25, 0.3) is 0 Å². The molecule has 0 aliphatic carbocycles.